The van der Waals surface area contributed by atoms with Crippen LogP contribution in [-0.2, 0) is 16.1 Å². The number of nitrogens with zero attached hydrogens (tertiary/aromatic N) is 2. The summed E-state index contributed by atoms with van der Waals surface area (Å²) < 4.78 is 2.84. The summed E-state index contributed by atoms with van der Waals surface area (Å²) in [4.78, 5) is 29.6. The zero-order chi connectivity index (χ0) is 20.1. The molecule has 2 amide bonds. The summed E-state index contributed by atoms with van der Waals surface area (Å²) in [5.41, 5.74) is 2.29. The maximum atomic E-state index is 12.8. The summed E-state index contributed by atoms with van der Waals surface area (Å²) in [6, 6.07) is 12.3. The van der Waals surface area contributed by atoms with Crippen LogP contribution in [0.4, 0.5) is 0 Å². The fourth-order valence-corrected chi connectivity index (χ4v) is 3.27. The molecule has 1 aromatic carbocycles. The van der Waals surface area contributed by atoms with Crippen LogP contribution in [0.3, 0.4) is 0 Å². The molecular weight excluding hydrogens is 420 g/mol. The van der Waals surface area contributed by atoms with Gasteiger partial charge in [-0.05, 0) is 39.5 Å². The number of halogens is 1. The Morgan fingerprint density at radius 2 is 1.86 bits per heavy atom. The van der Waals surface area contributed by atoms with Gasteiger partial charge in [0.1, 0.15) is 11.7 Å². The third-order valence-electron chi connectivity index (χ3n) is 4.20. The van der Waals surface area contributed by atoms with Crippen LogP contribution in [0.2, 0.25) is 0 Å². The number of benzene rings is 1. The van der Waals surface area contributed by atoms with Crippen molar-refractivity contribution >= 4 is 33.4 Å². The van der Waals surface area contributed by atoms with Crippen LogP contribution >= 0.6 is 15.9 Å². The summed E-state index contributed by atoms with van der Waals surface area (Å²) >= 11 is 3.43. The number of imidazole rings is 1. The summed E-state index contributed by atoms with van der Waals surface area (Å²) in [5.74, 6) is -0.185. The maximum absolute atomic E-state index is 12.8. The minimum absolute atomic E-state index is 0.142. The first-order valence-electron chi connectivity index (χ1n) is 9.17. The van der Waals surface area contributed by atoms with Crippen molar-refractivity contribution < 1.29 is 9.59 Å². The topological polar surface area (TPSA) is 75.5 Å². The molecule has 2 N–H and O–H groups in total. The number of carbonyl (C=O) groups is 2. The lowest BCUT2D eigenvalue weighted by molar-refractivity contribution is -0.129. The van der Waals surface area contributed by atoms with Gasteiger partial charge in [-0.15, -0.1) is 0 Å². The molecule has 0 saturated heterocycles. The Morgan fingerprint density at radius 3 is 2.57 bits per heavy atom. The molecule has 146 valence electrons. The van der Waals surface area contributed by atoms with E-state index in [4.69, 9.17) is 0 Å². The zero-order valence-corrected chi connectivity index (χ0v) is 17.4. The molecule has 2 heterocycles. The van der Waals surface area contributed by atoms with Crippen LogP contribution in [0, 0.1) is 5.92 Å². The van der Waals surface area contributed by atoms with E-state index in [0.29, 0.717) is 6.42 Å². The number of carbonyl (C=O) groups excluding carboxylic acids is 2. The van der Waals surface area contributed by atoms with E-state index in [-0.39, 0.29) is 24.3 Å². The predicted molar refractivity (Wildman–Crippen MR) is 112 cm³/mol. The largest absolute Gasteiger partial charge is 0.348 e. The first-order valence-corrected chi connectivity index (χ1v) is 9.97. The molecule has 0 aliphatic carbocycles. The van der Waals surface area contributed by atoms with Crippen LogP contribution in [0.25, 0.3) is 5.65 Å². The Hall–Kier alpha value is -2.67. The highest BCUT2D eigenvalue weighted by Gasteiger charge is 2.23. The molecule has 0 spiro atoms. The van der Waals surface area contributed by atoms with Crippen LogP contribution in [0.5, 0.6) is 0 Å². The van der Waals surface area contributed by atoms with E-state index < -0.39 is 6.04 Å². The number of rotatable bonds is 7. The average molecular weight is 443 g/mol. The van der Waals surface area contributed by atoms with Gasteiger partial charge in [0, 0.05) is 23.3 Å². The molecule has 0 saturated carbocycles. The van der Waals surface area contributed by atoms with Crippen molar-refractivity contribution in [2.24, 2.45) is 5.92 Å². The van der Waals surface area contributed by atoms with Crippen molar-refractivity contribution in [1.29, 1.82) is 0 Å². The van der Waals surface area contributed by atoms with Crippen molar-refractivity contribution in [2.45, 2.75) is 32.9 Å². The molecule has 3 aromatic rings. The summed E-state index contributed by atoms with van der Waals surface area (Å²) in [5, 5.41) is 5.74. The number of nitrogens with one attached hydrogen (secondary N) is 2. The maximum Gasteiger partial charge on any atom is 0.247 e. The predicted octanol–water partition coefficient (Wildman–Crippen LogP) is 3.62. The van der Waals surface area contributed by atoms with Gasteiger partial charge in [-0.2, -0.15) is 0 Å². The standard InChI is InChI=1S/C21H23BrN4O2/c1-14(2)10-19(27)25-20(15-6-4-3-5-7-15)21(28)23-11-17-13-26-12-16(22)8-9-18(26)24-17/h3-9,12-14,20H,10-11H2,1-2H3,(H,23,28)(H,25,27). The van der Waals surface area contributed by atoms with Gasteiger partial charge in [-0.1, -0.05) is 44.2 Å². The molecule has 6 nitrogen and oxygen atoms in total. The Labute approximate surface area is 172 Å². The van der Waals surface area contributed by atoms with E-state index in [0.717, 1.165) is 21.4 Å². The van der Waals surface area contributed by atoms with Gasteiger partial charge in [-0.25, -0.2) is 4.98 Å². The number of amides is 2. The highest BCUT2D eigenvalue weighted by Crippen LogP contribution is 2.15. The van der Waals surface area contributed by atoms with E-state index in [1.54, 1.807) is 0 Å². The SMILES string of the molecule is CC(C)CC(=O)NC(C(=O)NCc1cn2cc(Br)ccc2n1)c1ccccc1. The molecule has 1 atom stereocenters. The molecule has 0 fully saturated rings. The Morgan fingerprint density at radius 1 is 1.11 bits per heavy atom. The molecule has 0 aliphatic rings. The minimum Gasteiger partial charge on any atom is -0.348 e. The van der Waals surface area contributed by atoms with E-state index in [1.165, 1.54) is 0 Å². The molecular formula is C21H23BrN4O2. The first-order chi connectivity index (χ1) is 13.4. The van der Waals surface area contributed by atoms with E-state index >= 15 is 0 Å². The molecule has 0 bridgehead atoms. The van der Waals surface area contributed by atoms with Gasteiger partial charge in [0.25, 0.3) is 0 Å². The number of hydrogen-bond donors (Lipinski definition) is 2. The second-order valence-electron chi connectivity index (χ2n) is 7.07. The normalized spacial score (nSPS) is 12.1. The van der Waals surface area contributed by atoms with Gasteiger partial charge >= 0.3 is 0 Å². The van der Waals surface area contributed by atoms with Gasteiger partial charge in [0.05, 0.1) is 12.2 Å². The Balaban J connectivity index is 1.71. The molecule has 7 heteroatoms. The number of hydrogen-bond acceptors (Lipinski definition) is 3. The fourth-order valence-electron chi connectivity index (χ4n) is 2.92. The van der Waals surface area contributed by atoms with Crippen molar-refractivity contribution in [3.63, 3.8) is 0 Å². The zero-order valence-electron chi connectivity index (χ0n) is 15.9. The number of fused-ring (bicyclic) bond motifs is 1. The lowest BCUT2D eigenvalue weighted by Gasteiger charge is -2.19. The van der Waals surface area contributed by atoms with Crippen LogP contribution in [-0.4, -0.2) is 21.2 Å². The van der Waals surface area contributed by atoms with Crippen molar-refractivity contribution in [3.05, 3.63) is 70.6 Å². The highest BCUT2D eigenvalue weighted by molar-refractivity contribution is 9.10. The molecule has 0 radical (unpaired) electrons. The highest BCUT2D eigenvalue weighted by atomic mass is 79.9. The number of pyridine rings is 1. The van der Waals surface area contributed by atoms with Gasteiger partial charge in [0.15, 0.2) is 0 Å². The third-order valence-corrected chi connectivity index (χ3v) is 4.67. The van der Waals surface area contributed by atoms with E-state index in [1.807, 2.05) is 73.1 Å². The van der Waals surface area contributed by atoms with Crippen molar-refractivity contribution in [3.8, 4) is 0 Å². The average Bonchev–Trinajstić information content (AvgIpc) is 3.06. The Bertz CT molecular complexity index is 969. The van der Waals surface area contributed by atoms with E-state index in [2.05, 4.69) is 31.5 Å². The molecule has 28 heavy (non-hydrogen) atoms. The molecule has 0 aliphatic heterocycles. The van der Waals surface area contributed by atoms with E-state index in [9.17, 15) is 9.59 Å². The second kappa shape index (κ2) is 9.01. The van der Waals surface area contributed by atoms with Gasteiger partial charge in [-0.3, -0.25) is 9.59 Å². The monoisotopic (exact) mass is 442 g/mol. The first kappa shape index (κ1) is 20.1. The van der Waals surface area contributed by atoms with Crippen molar-refractivity contribution in [1.82, 2.24) is 20.0 Å². The third kappa shape index (κ3) is 5.19. The summed E-state index contributed by atoms with van der Waals surface area (Å²) in [7, 11) is 0. The molecule has 2 aromatic heterocycles. The van der Waals surface area contributed by atoms with Crippen LogP contribution < -0.4 is 10.6 Å². The second-order valence-corrected chi connectivity index (χ2v) is 7.99. The summed E-state index contributed by atoms with van der Waals surface area (Å²) in [6.45, 7) is 4.22. The molecule has 1 unspecified atom stereocenters. The van der Waals surface area contributed by atoms with Gasteiger partial charge < -0.3 is 15.0 Å². The number of aromatic nitrogens is 2. The van der Waals surface area contributed by atoms with Crippen molar-refractivity contribution in [2.75, 3.05) is 0 Å². The lowest BCUT2D eigenvalue weighted by Crippen LogP contribution is -2.40. The molecule has 3 rings (SSSR count). The van der Waals surface area contributed by atoms with Gasteiger partial charge in [0.2, 0.25) is 11.8 Å². The summed E-state index contributed by atoms with van der Waals surface area (Å²) in [6.07, 6.45) is 4.15. The van der Waals surface area contributed by atoms with Crippen LogP contribution in [0.15, 0.2) is 59.3 Å². The minimum atomic E-state index is -0.737. The quantitative estimate of drug-likeness (QED) is 0.586. The fraction of sp³-hybridized carbons (Fsp3) is 0.286. The lowest BCUT2D eigenvalue weighted by atomic mass is 10.0. The van der Waals surface area contributed by atoms with Crippen LogP contribution in [0.1, 0.15) is 37.6 Å². The Kier molecular flexibility index (Phi) is 6.46. The smallest absolute Gasteiger partial charge is 0.247 e.